The van der Waals surface area contributed by atoms with Crippen LogP contribution in [0.25, 0.3) is 0 Å². The smallest absolute Gasteiger partial charge is 0.338 e. The van der Waals surface area contributed by atoms with Crippen molar-refractivity contribution in [1.29, 1.82) is 0 Å². The Hall–Kier alpha value is -2.69. The number of halogens is 1. The number of esters is 1. The van der Waals surface area contributed by atoms with Gasteiger partial charge in [0.25, 0.3) is 5.91 Å². The van der Waals surface area contributed by atoms with Gasteiger partial charge in [0.15, 0.2) is 6.61 Å². The molecule has 4 nitrogen and oxygen atoms in total. The molecule has 0 aliphatic carbocycles. The van der Waals surface area contributed by atoms with Crippen LogP contribution in [0.4, 0.5) is 4.39 Å². The maximum atomic E-state index is 13.4. The molecule has 0 bridgehead atoms. The van der Waals surface area contributed by atoms with E-state index in [9.17, 15) is 14.0 Å². The average molecular weight is 315 g/mol. The molecule has 5 heteroatoms. The second-order valence-corrected chi connectivity index (χ2v) is 5.30. The second-order valence-electron chi connectivity index (χ2n) is 5.30. The highest BCUT2D eigenvalue weighted by Crippen LogP contribution is 2.10. The van der Waals surface area contributed by atoms with Gasteiger partial charge in [-0.2, -0.15) is 0 Å². The van der Waals surface area contributed by atoms with Crippen molar-refractivity contribution in [2.75, 3.05) is 6.61 Å². The molecule has 120 valence electrons. The Labute approximate surface area is 134 Å². The highest BCUT2D eigenvalue weighted by Gasteiger charge is 2.11. The largest absolute Gasteiger partial charge is 0.452 e. The van der Waals surface area contributed by atoms with Gasteiger partial charge in [0.2, 0.25) is 0 Å². The third-order valence-corrected chi connectivity index (χ3v) is 3.35. The third-order valence-electron chi connectivity index (χ3n) is 3.35. The molecule has 0 saturated carbocycles. The van der Waals surface area contributed by atoms with Crippen molar-refractivity contribution >= 4 is 11.9 Å². The number of aryl methyl sites for hydroxylation is 2. The molecular weight excluding hydrogens is 297 g/mol. The SMILES string of the molecule is Cc1ccc(CNC(=O)COC(=O)c2ccc(C)c(F)c2)cc1. The second kappa shape index (κ2) is 7.54. The predicted molar refractivity (Wildman–Crippen MR) is 84.4 cm³/mol. The fourth-order valence-electron chi connectivity index (χ4n) is 1.89. The molecule has 2 rings (SSSR count). The number of benzene rings is 2. The topological polar surface area (TPSA) is 55.4 Å². The van der Waals surface area contributed by atoms with Gasteiger partial charge in [-0.3, -0.25) is 4.79 Å². The molecule has 23 heavy (non-hydrogen) atoms. The van der Waals surface area contributed by atoms with Gasteiger partial charge < -0.3 is 10.1 Å². The molecule has 0 aliphatic rings. The zero-order chi connectivity index (χ0) is 16.8. The summed E-state index contributed by atoms with van der Waals surface area (Å²) < 4.78 is 18.3. The van der Waals surface area contributed by atoms with Crippen LogP contribution in [0.5, 0.6) is 0 Å². The fourth-order valence-corrected chi connectivity index (χ4v) is 1.89. The van der Waals surface area contributed by atoms with Crippen LogP contribution in [-0.4, -0.2) is 18.5 Å². The van der Waals surface area contributed by atoms with Crippen LogP contribution in [0.1, 0.15) is 27.0 Å². The summed E-state index contributed by atoms with van der Waals surface area (Å²) in [4.78, 5) is 23.4. The maximum absolute atomic E-state index is 13.4. The highest BCUT2D eigenvalue weighted by molar-refractivity contribution is 5.91. The first-order valence-electron chi connectivity index (χ1n) is 7.21. The molecule has 0 saturated heterocycles. The van der Waals surface area contributed by atoms with E-state index in [1.807, 2.05) is 31.2 Å². The third kappa shape index (κ3) is 4.92. The van der Waals surface area contributed by atoms with E-state index >= 15 is 0 Å². The summed E-state index contributed by atoms with van der Waals surface area (Å²) in [6, 6.07) is 11.8. The highest BCUT2D eigenvalue weighted by atomic mass is 19.1. The van der Waals surface area contributed by atoms with Crippen LogP contribution in [0.3, 0.4) is 0 Å². The number of rotatable bonds is 5. The van der Waals surface area contributed by atoms with Crippen molar-refractivity contribution in [3.8, 4) is 0 Å². The molecule has 2 aromatic carbocycles. The number of nitrogens with one attached hydrogen (secondary N) is 1. The van der Waals surface area contributed by atoms with E-state index in [4.69, 9.17) is 4.74 Å². The summed E-state index contributed by atoms with van der Waals surface area (Å²) in [7, 11) is 0. The van der Waals surface area contributed by atoms with Crippen LogP contribution in [0.2, 0.25) is 0 Å². The van der Waals surface area contributed by atoms with Gasteiger partial charge in [-0.1, -0.05) is 35.9 Å². The van der Waals surface area contributed by atoms with E-state index in [2.05, 4.69) is 5.32 Å². The summed E-state index contributed by atoms with van der Waals surface area (Å²) in [5.41, 5.74) is 2.62. The molecule has 0 heterocycles. The van der Waals surface area contributed by atoms with Crippen molar-refractivity contribution in [2.24, 2.45) is 0 Å². The van der Waals surface area contributed by atoms with Gasteiger partial charge in [0, 0.05) is 6.54 Å². The van der Waals surface area contributed by atoms with Crippen molar-refractivity contribution < 1.29 is 18.7 Å². The number of hydrogen-bond donors (Lipinski definition) is 1. The van der Waals surface area contributed by atoms with Gasteiger partial charge in [-0.05, 0) is 37.1 Å². The van der Waals surface area contributed by atoms with E-state index in [1.165, 1.54) is 12.1 Å². The van der Waals surface area contributed by atoms with Crippen LogP contribution in [0.15, 0.2) is 42.5 Å². The number of amides is 1. The van der Waals surface area contributed by atoms with E-state index in [-0.39, 0.29) is 5.56 Å². The molecule has 0 spiro atoms. The molecule has 0 atom stereocenters. The minimum absolute atomic E-state index is 0.0828. The van der Waals surface area contributed by atoms with E-state index < -0.39 is 24.3 Å². The lowest BCUT2D eigenvalue weighted by Crippen LogP contribution is -2.28. The molecular formula is C18H18FNO3. The lowest BCUT2D eigenvalue weighted by atomic mass is 10.1. The van der Waals surface area contributed by atoms with Gasteiger partial charge in [0.1, 0.15) is 5.82 Å². The zero-order valence-electron chi connectivity index (χ0n) is 13.1. The molecule has 0 radical (unpaired) electrons. The number of carbonyl (C=O) groups is 2. The summed E-state index contributed by atoms with van der Waals surface area (Å²) in [6.45, 7) is 3.54. The van der Waals surface area contributed by atoms with E-state index in [0.717, 1.165) is 17.2 Å². The molecule has 0 unspecified atom stereocenters. The Morgan fingerprint density at radius 2 is 1.78 bits per heavy atom. The fraction of sp³-hybridized carbons (Fsp3) is 0.222. The van der Waals surface area contributed by atoms with E-state index in [0.29, 0.717) is 12.1 Å². The minimum atomic E-state index is -0.727. The lowest BCUT2D eigenvalue weighted by molar-refractivity contribution is -0.124. The summed E-state index contributed by atoms with van der Waals surface area (Å²) in [5, 5.41) is 2.66. The summed E-state index contributed by atoms with van der Waals surface area (Å²) >= 11 is 0. The minimum Gasteiger partial charge on any atom is -0.452 e. The Bertz CT molecular complexity index is 711. The monoisotopic (exact) mass is 315 g/mol. The number of hydrogen-bond acceptors (Lipinski definition) is 3. The first kappa shape index (κ1) is 16.7. The van der Waals surface area contributed by atoms with Gasteiger partial charge >= 0.3 is 5.97 Å². The Morgan fingerprint density at radius 3 is 2.43 bits per heavy atom. The number of carbonyl (C=O) groups excluding carboxylic acids is 2. The zero-order valence-corrected chi connectivity index (χ0v) is 13.1. The van der Waals surface area contributed by atoms with Gasteiger partial charge in [-0.15, -0.1) is 0 Å². The Kier molecular flexibility index (Phi) is 5.46. The van der Waals surface area contributed by atoms with Crippen LogP contribution < -0.4 is 5.32 Å². The maximum Gasteiger partial charge on any atom is 0.338 e. The van der Waals surface area contributed by atoms with Crippen molar-refractivity contribution in [3.05, 3.63) is 70.5 Å². The number of ether oxygens (including phenoxy) is 1. The summed E-state index contributed by atoms with van der Waals surface area (Å²) in [6.07, 6.45) is 0. The Balaban J connectivity index is 1.80. The lowest BCUT2D eigenvalue weighted by Gasteiger charge is -2.07. The van der Waals surface area contributed by atoms with Gasteiger partial charge in [-0.25, -0.2) is 9.18 Å². The normalized spacial score (nSPS) is 10.2. The van der Waals surface area contributed by atoms with Gasteiger partial charge in [0.05, 0.1) is 5.56 Å². The average Bonchev–Trinajstić information content (AvgIpc) is 2.54. The molecule has 1 amide bonds. The van der Waals surface area contributed by atoms with Crippen molar-refractivity contribution in [2.45, 2.75) is 20.4 Å². The molecule has 0 aromatic heterocycles. The standard InChI is InChI=1S/C18H18FNO3/c1-12-3-6-14(7-4-12)10-20-17(21)11-23-18(22)15-8-5-13(2)16(19)9-15/h3-9H,10-11H2,1-2H3,(H,20,21). The Morgan fingerprint density at radius 1 is 1.09 bits per heavy atom. The van der Waals surface area contributed by atoms with E-state index in [1.54, 1.807) is 6.92 Å². The first-order valence-corrected chi connectivity index (χ1v) is 7.21. The van der Waals surface area contributed by atoms with Crippen molar-refractivity contribution in [3.63, 3.8) is 0 Å². The first-order chi connectivity index (χ1) is 11.0. The predicted octanol–water partition coefficient (Wildman–Crippen LogP) is 2.92. The van der Waals surface area contributed by atoms with Crippen molar-refractivity contribution in [1.82, 2.24) is 5.32 Å². The molecule has 2 aromatic rings. The summed E-state index contributed by atoms with van der Waals surface area (Å²) in [5.74, 6) is -1.62. The quantitative estimate of drug-likeness (QED) is 0.863. The molecule has 1 N–H and O–H groups in total. The van der Waals surface area contributed by atoms with Crippen LogP contribution in [-0.2, 0) is 16.1 Å². The molecule has 0 aliphatic heterocycles. The van der Waals surface area contributed by atoms with Crippen LogP contribution in [0, 0.1) is 19.7 Å². The van der Waals surface area contributed by atoms with Crippen LogP contribution >= 0.6 is 0 Å². The molecule has 0 fully saturated rings.